The maximum absolute atomic E-state index is 12.5. The number of carbonyl (C=O) groups excluding carboxylic acids is 2. The van der Waals surface area contributed by atoms with Gasteiger partial charge < -0.3 is 15.0 Å². The molecule has 2 amide bonds. The minimum absolute atomic E-state index is 0.0129. The van der Waals surface area contributed by atoms with Crippen molar-refractivity contribution in [3.63, 3.8) is 0 Å². The second kappa shape index (κ2) is 5.85. The third-order valence-electron chi connectivity index (χ3n) is 3.94. The van der Waals surface area contributed by atoms with E-state index in [1.165, 1.54) is 0 Å². The molecule has 0 spiro atoms. The Kier molecular flexibility index (Phi) is 4.32. The molecule has 0 bridgehead atoms. The number of hydrogen-bond acceptors (Lipinski definition) is 4. The Morgan fingerprint density at radius 3 is 2.76 bits per heavy atom. The maximum Gasteiger partial charge on any atom is 0.253 e. The molecule has 2 N–H and O–H groups in total. The van der Waals surface area contributed by atoms with Crippen molar-refractivity contribution in [3.05, 3.63) is 17.0 Å². The van der Waals surface area contributed by atoms with E-state index in [2.05, 4.69) is 15.5 Å². The smallest absolute Gasteiger partial charge is 0.253 e. The highest BCUT2D eigenvalue weighted by atomic mass is 16.5. The molecule has 0 aromatic carbocycles. The van der Waals surface area contributed by atoms with Gasteiger partial charge in [0.1, 0.15) is 0 Å². The molecular formula is C14H22N4O3. The number of aryl methyl sites for hydroxylation is 2. The summed E-state index contributed by atoms with van der Waals surface area (Å²) >= 11 is 0. The number of aromatic nitrogens is 2. The molecule has 116 valence electrons. The van der Waals surface area contributed by atoms with Crippen LogP contribution < -0.4 is 5.32 Å². The van der Waals surface area contributed by atoms with Gasteiger partial charge in [-0.1, -0.05) is 0 Å². The average Bonchev–Trinajstić information content (AvgIpc) is 2.78. The zero-order valence-electron chi connectivity index (χ0n) is 12.9. The molecule has 1 aromatic rings. The number of carbonyl (C=O) groups is 2. The standard InChI is InChI=1S/C14H22N4O3/c1-9-11(10(2)17-16-9)7-12(19)18-5-6-21-14(3,8-18)13(20)15-4/h5-8H2,1-4H3,(H,15,20)(H,16,17)/t14-/m0/s1. The minimum Gasteiger partial charge on any atom is -0.362 e. The average molecular weight is 294 g/mol. The molecule has 2 heterocycles. The molecule has 1 aliphatic heterocycles. The van der Waals surface area contributed by atoms with Crippen LogP contribution in [0.1, 0.15) is 23.9 Å². The molecule has 1 fully saturated rings. The Hall–Kier alpha value is -1.89. The number of hydrogen-bond donors (Lipinski definition) is 2. The van der Waals surface area contributed by atoms with Gasteiger partial charge in [-0.05, 0) is 20.8 Å². The van der Waals surface area contributed by atoms with Crippen molar-refractivity contribution in [1.82, 2.24) is 20.4 Å². The summed E-state index contributed by atoms with van der Waals surface area (Å²) < 4.78 is 5.56. The first kappa shape index (κ1) is 15.5. The molecule has 2 rings (SSSR count). The van der Waals surface area contributed by atoms with Crippen LogP contribution in [0.25, 0.3) is 0 Å². The van der Waals surface area contributed by atoms with Gasteiger partial charge in [0.2, 0.25) is 5.91 Å². The number of ether oxygens (including phenoxy) is 1. The number of nitrogens with zero attached hydrogens (tertiary/aromatic N) is 2. The highest BCUT2D eigenvalue weighted by Gasteiger charge is 2.40. The van der Waals surface area contributed by atoms with Crippen LogP contribution in [0.3, 0.4) is 0 Å². The molecular weight excluding hydrogens is 272 g/mol. The quantitative estimate of drug-likeness (QED) is 0.817. The van der Waals surface area contributed by atoms with Crippen LogP contribution in [0.5, 0.6) is 0 Å². The summed E-state index contributed by atoms with van der Waals surface area (Å²) in [6.07, 6.45) is 0.290. The number of morpholine rings is 1. The maximum atomic E-state index is 12.5. The Morgan fingerprint density at radius 2 is 2.19 bits per heavy atom. The summed E-state index contributed by atoms with van der Waals surface area (Å²) in [6.45, 7) is 6.61. The van der Waals surface area contributed by atoms with E-state index in [0.717, 1.165) is 17.0 Å². The van der Waals surface area contributed by atoms with Crippen LogP contribution in [0.15, 0.2) is 0 Å². The van der Waals surface area contributed by atoms with Crippen LogP contribution >= 0.6 is 0 Å². The van der Waals surface area contributed by atoms with Crippen molar-refractivity contribution in [2.75, 3.05) is 26.7 Å². The first-order valence-electron chi connectivity index (χ1n) is 7.01. The van der Waals surface area contributed by atoms with Crippen molar-refractivity contribution in [1.29, 1.82) is 0 Å². The lowest BCUT2D eigenvalue weighted by molar-refractivity contribution is -0.162. The van der Waals surface area contributed by atoms with E-state index < -0.39 is 5.60 Å². The first-order valence-corrected chi connectivity index (χ1v) is 7.01. The largest absolute Gasteiger partial charge is 0.362 e. The Labute approximate surface area is 124 Å². The fraction of sp³-hybridized carbons (Fsp3) is 0.643. The van der Waals surface area contributed by atoms with E-state index in [1.54, 1.807) is 18.9 Å². The fourth-order valence-corrected chi connectivity index (χ4v) is 2.58. The lowest BCUT2D eigenvalue weighted by atomic mass is 10.0. The van der Waals surface area contributed by atoms with E-state index in [0.29, 0.717) is 13.2 Å². The molecule has 1 saturated heterocycles. The van der Waals surface area contributed by atoms with Crippen molar-refractivity contribution in [2.45, 2.75) is 32.8 Å². The topological polar surface area (TPSA) is 87.3 Å². The lowest BCUT2D eigenvalue weighted by Gasteiger charge is -2.39. The molecule has 1 atom stereocenters. The monoisotopic (exact) mass is 294 g/mol. The summed E-state index contributed by atoms with van der Waals surface area (Å²) in [4.78, 5) is 26.0. The summed E-state index contributed by atoms with van der Waals surface area (Å²) in [7, 11) is 1.57. The fourth-order valence-electron chi connectivity index (χ4n) is 2.58. The van der Waals surface area contributed by atoms with Crippen molar-refractivity contribution >= 4 is 11.8 Å². The van der Waals surface area contributed by atoms with Crippen LogP contribution in [-0.2, 0) is 20.7 Å². The van der Waals surface area contributed by atoms with Gasteiger partial charge in [0.05, 0.1) is 25.3 Å². The SMILES string of the molecule is CNC(=O)[C@]1(C)CN(C(=O)Cc2c(C)n[nH]c2C)CCO1. The van der Waals surface area contributed by atoms with Crippen molar-refractivity contribution in [2.24, 2.45) is 0 Å². The number of amides is 2. The van der Waals surface area contributed by atoms with Crippen molar-refractivity contribution < 1.29 is 14.3 Å². The Morgan fingerprint density at radius 1 is 1.48 bits per heavy atom. The van der Waals surface area contributed by atoms with Crippen LogP contribution in [0.2, 0.25) is 0 Å². The van der Waals surface area contributed by atoms with Gasteiger partial charge in [-0.15, -0.1) is 0 Å². The predicted octanol–water partition coefficient (Wildman–Crippen LogP) is -0.0675. The summed E-state index contributed by atoms with van der Waals surface area (Å²) in [5, 5.41) is 9.56. The van der Waals surface area contributed by atoms with E-state index in [4.69, 9.17) is 4.74 Å². The second-order valence-corrected chi connectivity index (χ2v) is 5.56. The van der Waals surface area contributed by atoms with Crippen molar-refractivity contribution in [3.8, 4) is 0 Å². The summed E-state index contributed by atoms with van der Waals surface area (Å²) in [5.41, 5.74) is 1.68. The highest BCUT2D eigenvalue weighted by Crippen LogP contribution is 2.19. The molecule has 0 saturated carbocycles. The van der Waals surface area contributed by atoms with E-state index in [-0.39, 0.29) is 24.8 Å². The molecule has 0 radical (unpaired) electrons. The molecule has 0 aliphatic carbocycles. The van der Waals surface area contributed by atoms with E-state index >= 15 is 0 Å². The Bertz CT molecular complexity index is 535. The third-order valence-corrected chi connectivity index (χ3v) is 3.94. The zero-order valence-corrected chi connectivity index (χ0v) is 12.9. The van der Waals surface area contributed by atoms with Gasteiger partial charge >= 0.3 is 0 Å². The Balaban J connectivity index is 2.08. The van der Waals surface area contributed by atoms with E-state index in [1.807, 2.05) is 13.8 Å². The lowest BCUT2D eigenvalue weighted by Crippen LogP contribution is -2.59. The molecule has 21 heavy (non-hydrogen) atoms. The number of nitrogens with one attached hydrogen (secondary N) is 2. The summed E-state index contributed by atoms with van der Waals surface area (Å²) in [6, 6.07) is 0. The predicted molar refractivity (Wildman–Crippen MR) is 76.8 cm³/mol. The normalized spacial score (nSPS) is 22.2. The molecule has 0 unspecified atom stereocenters. The number of rotatable bonds is 3. The molecule has 7 heteroatoms. The van der Waals surface area contributed by atoms with Gasteiger partial charge in [0.25, 0.3) is 5.91 Å². The summed E-state index contributed by atoms with van der Waals surface area (Å²) in [5.74, 6) is -0.225. The second-order valence-electron chi connectivity index (χ2n) is 5.56. The van der Waals surface area contributed by atoms with Gasteiger partial charge in [0.15, 0.2) is 5.60 Å². The first-order chi connectivity index (χ1) is 9.87. The number of aromatic amines is 1. The number of likely N-dealkylation sites (N-methyl/N-ethyl adjacent to an activating group) is 1. The number of H-pyrrole nitrogens is 1. The van der Waals surface area contributed by atoms with Crippen LogP contribution in [0.4, 0.5) is 0 Å². The van der Waals surface area contributed by atoms with E-state index in [9.17, 15) is 9.59 Å². The van der Waals surface area contributed by atoms with Crippen LogP contribution in [0, 0.1) is 13.8 Å². The van der Waals surface area contributed by atoms with Gasteiger partial charge in [-0.25, -0.2) is 0 Å². The zero-order chi connectivity index (χ0) is 15.6. The van der Waals surface area contributed by atoms with Gasteiger partial charge in [-0.2, -0.15) is 5.10 Å². The third kappa shape index (κ3) is 3.07. The van der Waals surface area contributed by atoms with Crippen LogP contribution in [-0.4, -0.2) is 59.3 Å². The molecule has 1 aliphatic rings. The highest BCUT2D eigenvalue weighted by molar-refractivity contribution is 5.86. The van der Waals surface area contributed by atoms with Gasteiger partial charge in [-0.3, -0.25) is 14.7 Å². The van der Waals surface area contributed by atoms with Gasteiger partial charge in [0, 0.05) is 24.8 Å². The molecule has 7 nitrogen and oxygen atoms in total. The minimum atomic E-state index is -0.983. The molecule has 1 aromatic heterocycles.